The van der Waals surface area contributed by atoms with Gasteiger partial charge in [0, 0.05) is 12.6 Å². The van der Waals surface area contributed by atoms with E-state index in [0.717, 1.165) is 19.3 Å². The van der Waals surface area contributed by atoms with Crippen molar-refractivity contribution in [3.05, 3.63) is 35.6 Å². The summed E-state index contributed by atoms with van der Waals surface area (Å²) < 4.78 is 13.3. The SMILES string of the molecule is NC1CCCC1C(=O)NCCc1ccccc1F. The molecular weight excluding hydrogens is 231 g/mol. The third kappa shape index (κ3) is 3.07. The van der Waals surface area contributed by atoms with Crippen LogP contribution in [0.1, 0.15) is 24.8 Å². The molecule has 0 spiro atoms. The van der Waals surface area contributed by atoms with Crippen LogP contribution in [0.4, 0.5) is 4.39 Å². The third-order valence-corrected chi connectivity index (χ3v) is 3.56. The van der Waals surface area contributed by atoms with E-state index in [1.54, 1.807) is 18.2 Å². The molecule has 3 nitrogen and oxygen atoms in total. The fraction of sp³-hybridized carbons (Fsp3) is 0.500. The first-order valence-corrected chi connectivity index (χ1v) is 6.45. The van der Waals surface area contributed by atoms with Gasteiger partial charge in [-0.2, -0.15) is 0 Å². The van der Waals surface area contributed by atoms with Crippen molar-refractivity contribution in [2.24, 2.45) is 11.7 Å². The molecule has 0 bridgehead atoms. The highest BCUT2D eigenvalue weighted by Gasteiger charge is 2.29. The zero-order chi connectivity index (χ0) is 13.0. The molecule has 1 aliphatic rings. The Bertz CT molecular complexity index is 422. The molecular formula is C14H19FN2O. The van der Waals surface area contributed by atoms with Crippen molar-refractivity contribution in [1.82, 2.24) is 5.32 Å². The molecule has 1 aromatic carbocycles. The second-order valence-electron chi connectivity index (χ2n) is 4.83. The number of nitrogens with two attached hydrogens (primary N) is 1. The van der Waals surface area contributed by atoms with E-state index in [1.165, 1.54) is 6.07 Å². The Balaban J connectivity index is 1.79. The highest BCUT2D eigenvalue weighted by Crippen LogP contribution is 2.23. The summed E-state index contributed by atoms with van der Waals surface area (Å²) in [6.45, 7) is 0.461. The Morgan fingerprint density at radius 2 is 2.17 bits per heavy atom. The van der Waals surface area contributed by atoms with Crippen molar-refractivity contribution in [2.75, 3.05) is 6.54 Å². The fourth-order valence-electron chi connectivity index (χ4n) is 2.47. The molecule has 4 heteroatoms. The zero-order valence-corrected chi connectivity index (χ0v) is 10.4. The van der Waals surface area contributed by atoms with Gasteiger partial charge < -0.3 is 11.1 Å². The van der Waals surface area contributed by atoms with Crippen LogP contribution in [0.2, 0.25) is 0 Å². The lowest BCUT2D eigenvalue weighted by atomic mass is 10.0. The van der Waals surface area contributed by atoms with Crippen LogP contribution in [-0.4, -0.2) is 18.5 Å². The molecule has 0 heterocycles. The average molecular weight is 250 g/mol. The van der Waals surface area contributed by atoms with E-state index in [0.29, 0.717) is 18.5 Å². The monoisotopic (exact) mass is 250 g/mol. The number of amides is 1. The van der Waals surface area contributed by atoms with Gasteiger partial charge in [-0.25, -0.2) is 4.39 Å². The number of benzene rings is 1. The van der Waals surface area contributed by atoms with Gasteiger partial charge in [0.1, 0.15) is 5.82 Å². The standard InChI is InChI=1S/C14H19FN2O/c15-12-6-2-1-4-10(12)8-9-17-14(18)11-5-3-7-13(11)16/h1-2,4,6,11,13H,3,5,7-9,16H2,(H,17,18). The van der Waals surface area contributed by atoms with Crippen molar-refractivity contribution >= 4 is 5.91 Å². The molecule has 0 aromatic heterocycles. The molecule has 1 amide bonds. The first-order valence-electron chi connectivity index (χ1n) is 6.45. The molecule has 2 rings (SSSR count). The van der Waals surface area contributed by atoms with Crippen molar-refractivity contribution in [2.45, 2.75) is 31.7 Å². The Kier molecular flexibility index (Phi) is 4.31. The number of hydrogen-bond acceptors (Lipinski definition) is 2. The lowest BCUT2D eigenvalue weighted by Crippen LogP contribution is -2.39. The van der Waals surface area contributed by atoms with Gasteiger partial charge >= 0.3 is 0 Å². The maximum atomic E-state index is 13.3. The van der Waals surface area contributed by atoms with Gasteiger partial charge in [-0.3, -0.25) is 4.79 Å². The molecule has 1 fully saturated rings. The van der Waals surface area contributed by atoms with E-state index in [2.05, 4.69) is 5.32 Å². The molecule has 3 N–H and O–H groups in total. The topological polar surface area (TPSA) is 55.1 Å². The maximum Gasteiger partial charge on any atom is 0.224 e. The van der Waals surface area contributed by atoms with Crippen molar-refractivity contribution in [3.63, 3.8) is 0 Å². The van der Waals surface area contributed by atoms with Crippen LogP contribution in [0.3, 0.4) is 0 Å². The van der Waals surface area contributed by atoms with E-state index in [4.69, 9.17) is 5.73 Å². The molecule has 0 radical (unpaired) electrons. The van der Waals surface area contributed by atoms with Gasteiger partial charge in [0.25, 0.3) is 0 Å². The van der Waals surface area contributed by atoms with E-state index in [1.807, 2.05) is 0 Å². The minimum absolute atomic E-state index is 0.0105. The van der Waals surface area contributed by atoms with E-state index in [9.17, 15) is 9.18 Å². The van der Waals surface area contributed by atoms with Crippen molar-refractivity contribution < 1.29 is 9.18 Å². The first kappa shape index (κ1) is 13.0. The van der Waals surface area contributed by atoms with E-state index < -0.39 is 0 Å². The predicted molar refractivity (Wildman–Crippen MR) is 68.4 cm³/mol. The highest BCUT2D eigenvalue weighted by molar-refractivity contribution is 5.79. The molecule has 1 aromatic rings. The van der Waals surface area contributed by atoms with Crippen molar-refractivity contribution in [3.8, 4) is 0 Å². The van der Waals surface area contributed by atoms with E-state index in [-0.39, 0.29) is 23.7 Å². The Morgan fingerprint density at radius 1 is 1.39 bits per heavy atom. The Morgan fingerprint density at radius 3 is 2.83 bits per heavy atom. The van der Waals surface area contributed by atoms with Crippen LogP contribution >= 0.6 is 0 Å². The quantitative estimate of drug-likeness (QED) is 0.853. The number of nitrogens with one attached hydrogen (secondary N) is 1. The van der Waals surface area contributed by atoms with Crippen LogP contribution in [-0.2, 0) is 11.2 Å². The summed E-state index contributed by atoms with van der Waals surface area (Å²) in [6.07, 6.45) is 3.32. The average Bonchev–Trinajstić information content (AvgIpc) is 2.78. The minimum Gasteiger partial charge on any atom is -0.355 e. The van der Waals surface area contributed by atoms with Gasteiger partial charge in [-0.15, -0.1) is 0 Å². The Labute approximate surface area is 107 Å². The predicted octanol–water partition coefficient (Wildman–Crippen LogP) is 1.61. The van der Waals surface area contributed by atoms with Crippen LogP contribution in [0.15, 0.2) is 24.3 Å². The summed E-state index contributed by atoms with van der Waals surface area (Å²) >= 11 is 0. The summed E-state index contributed by atoms with van der Waals surface area (Å²) in [5.74, 6) is -0.272. The molecule has 98 valence electrons. The third-order valence-electron chi connectivity index (χ3n) is 3.56. The lowest BCUT2D eigenvalue weighted by Gasteiger charge is -2.15. The van der Waals surface area contributed by atoms with Gasteiger partial charge in [-0.1, -0.05) is 24.6 Å². The van der Waals surface area contributed by atoms with E-state index >= 15 is 0 Å². The number of hydrogen-bond donors (Lipinski definition) is 2. The second kappa shape index (κ2) is 5.96. The van der Waals surface area contributed by atoms with Gasteiger partial charge in [0.15, 0.2) is 0 Å². The normalized spacial score (nSPS) is 23.0. The second-order valence-corrected chi connectivity index (χ2v) is 4.83. The highest BCUT2D eigenvalue weighted by atomic mass is 19.1. The molecule has 18 heavy (non-hydrogen) atoms. The van der Waals surface area contributed by atoms with Gasteiger partial charge in [-0.05, 0) is 30.9 Å². The number of halogens is 1. The van der Waals surface area contributed by atoms with Gasteiger partial charge in [0.05, 0.1) is 5.92 Å². The summed E-state index contributed by atoms with van der Waals surface area (Å²) in [5, 5.41) is 2.85. The molecule has 0 aliphatic heterocycles. The first-order chi connectivity index (χ1) is 8.68. The Hall–Kier alpha value is -1.42. The number of carbonyl (C=O) groups is 1. The molecule has 2 atom stereocenters. The molecule has 1 aliphatic carbocycles. The largest absolute Gasteiger partial charge is 0.355 e. The maximum absolute atomic E-state index is 13.3. The fourth-order valence-corrected chi connectivity index (χ4v) is 2.47. The minimum atomic E-state index is -0.218. The number of carbonyl (C=O) groups excluding carboxylic acids is 1. The van der Waals surface area contributed by atoms with Crippen LogP contribution in [0, 0.1) is 11.7 Å². The van der Waals surface area contributed by atoms with Crippen LogP contribution < -0.4 is 11.1 Å². The lowest BCUT2D eigenvalue weighted by molar-refractivity contribution is -0.125. The number of rotatable bonds is 4. The molecule has 2 unspecified atom stereocenters. The summed E-state index contributed by atoms with van der Waals surface area (Å²) in [6, 6.07) is 6.62. The molecule has 0 saturated heterocycles. The summed E-state index contributed by atoms with van der Waals surface area (Å²) in [7, 11) is 0. The smallest absolute Gasteiger partial charge is 0.224 e. The summed E-state index contributed by atoms with van der Waals surface area (Å²) in [4.78, 5) is 11.8. The summed E-state index contributed by atoms with van der Waals surface area (Å²) in [5.41, 5.74) is 6.50. The van der Waals surface area contributed by atoms with Crippen LogP contribution in [0.5, 0.6) is 0 Å². The molecule has 1 saturated carbocycles. The van der Waals surface area contributed by atoms with Gasteiger partial charge in [0.2, 0.25) is 5.91 Å². The zero-order valence-electron chi connectivity index (χ0n) is 10.4. The van der Waals surface area contributed by atoms with Crippen LogP contribution in [0.25, 0.3) is 0 Å². The van der Waals surface area contributed by atoms with Crippen molar-refractivity contribution in [1.29, 1.82) is 0 Å².